The zero-order valence-electron chi connectivity index (χ0n) is 13.9. The molecule has 0 fully saturated rings. The average molecular weight is 367 g/mol. The van der Waals surface area contributed by atoms with E-state index >= 15 is 0 Å². The molecule has 0 unspecified atom stereocenters. The predicted molar refractivity (Wildman–Crippen MR) is 97.0 cm³/mol. The molecule has 0 saturated carbocycles. The number of halogens is 1. The van der Waals surface area contributed by atoms with Crippen LogP contribution in [0.5, 0.6) is 0 Å². The number of rotatable bonds is 5. The van der Waals surface area contributed by atoms with Crippen LogP contribution in [-0.2, 0) is 16.1 Å². The molecule has 27 heavy (non-hydrogen) atoms. The number of ketones is 1. The zero-order chi connectivity index (χ0) is 19.6. The molecule has 3 aromatic rings. The summed E-state index contributed by atoms with van der Waals surface area (Å²) >= 11 is 0. The van der Waals surface area contributed by atoms with Crippen LogP contribution in [0.2, 0.25) is 0 Å². The maximum Gasteiger partial charge on any atom is 0.376 e. The Kier molecular flexibility index (Phi) is 4.85. The lowest BCUT2D eigenvalue weighted by molar-refractivity contribution is -0.146. The number of aliphatic hydroxyl groups is 1. The Morgan fingerprint density at radius 3 is 2.41 bits per heavy atom. The summed E-state index contributed by atoms with van der Waals surface area (Å²) in [5, 5.41) is 19.0. The minimum Gasteiger partial charge on any atom is -0.507 e. The minimum atomic E-state index is -1.76. The van der Waals surface area contributed by atoms with Crippen LogP contribution in [0.4, 0.5) is 4.39 Å². The number of pyridine rings is 1. The monoisotopic (exact) mass is 367 g/mol. The van der Waals surface area contributed by atoms with E-state index in [4.69, 9.17) is 5.11 Å². The second kappa shape index (κ2) is 7.25. The summed E-state index contributed by atoms with van der Waals surface area (Å²) in [6.45, 7) is 0.0701. The van der Waals surface area contributed by atoms with E-state index in [0.717, 1.165) is 0 Å². The Hall–Kier alpha value is -3.74. The van der Waals surface area contributed by atoms with E-state index in [-0.39, 0.29) is 17.5 Å². The number of fused-ring (bicyclic) bond motifs is 1. The van der Waals surface area contributed by atoms with Gasteiger partial charge in [-0.05, 0) is 18.2 Å². The van der Waals surface area contributed by atoms with Gasteiger partial charge in [-0.15, -0.1) is 0 Å². The Balaban J connectivity index is 2.21. The molecule has 0 atom stereocenters. The molecule has 0 aliphatic heterocycles. The van der Waals surface area contributed by atoms with E-state index in [0.29, 0.717) is 17.2 Å². The molecule has 0 aliphatic rings. The molecule has 2 N–H and O–H groups in total. The summed E-state index contributed by atoms with van der Waals surface area (Å²) in [6, 6.07) is 12.7. The van der Waals surface area contributed by atoms with Crippen molar-refractivity contribution >= 4 is 28.4 Å². The van der Waals surface area contributed by atoms with Gasteiger partial charge in [0, 0.05) is 23.2 Å². The fourth-order valence-corrected chi connectivity index (χ4v) is 2.73. The third-order valence-electron chi connectivity index (χ3n) is 4.04. The van der Waals surface area contributed by atoms with Crippen LogP contribution in [0, 0.1) is 5.82 Å². The van der Waals surface area contributed by atoms with Crippen LogP contribution in [0.3, 0.4) is 0 Å². The molecule has 1 heterocycles. The van der Waals surface area contributed by atoms with Crippen LogP contribution in [0.25, 0.3) is 16.7 Å². The van der Waals surface area contributed by atoms with Crippen molar-refractivity contribution in [2.45, 2.75) is 6.54 Å². The van der Waals surface area contributed by atoms with Gasteiger partial charge in [-0.1, -0.05) is 30.3 Å². The van der Waals surface area contributed by atoms with Gasteiger partial charge in [-0.2, -0.15) is 0 Å². The number of carboxylic acid groups (broad SMARTS) is 1. The van der Waals surface area contributed by atoms with Gasteiger partial charge in [0.1, 0.15) is 11.6 Å². The van der Waals surface area contributed by atoms with Crippen molar-refractivity contribution in [3.63, 3.8) is 0 Å². The fourth-order valence-electron chi connectivity index (χ4n) is 2.73. The number of carbonyl (C=O) groups is 2. The highest BCUT2D eigenvalue weighted by Gasteiger charge is 2.16. The third-order valence-corrected chi connectivity index (χ3v) is 4.04. The number of benzene rings is 2. The number of nitrogens with zero attached hydrogens (tertiary/aromatic N) is 1. The SMILES string of the molecule is O=C(O)C(=O)C=C(O)c1cn(Cc2ccccc2F)c2ccccc2c1=O. The summed E-state index contributed by atoms with van der Waals surface area (Å²) in [5.74, 6) is -4.31. The lowest BCUT2D eigenvalue weighted by Crippen LogP contribution is -2.17. The van der Waals surface area contributed by atoms with E-state index in [9.17, 15) is 23.9 Å². The van der Waals surface area contributed by atoms with Gasteiger partial charge in [0.2, 0.25) is 0 Å². The van der Waals surface area contributed by atoms with Crippen LogP contribution in [-0.4, -0.2) is 26.5 Å². The fraction of sp³-hybridized carbons (Fsp3) is 0.0500. The van der Waals surface area contributed by atoms with Crippen molar-refractivity contribution in [1.82, 2.24) is 4.57 Å². The Labute approximate surface area is 152 Å². The molecule has 1 aromatic heterocycles. The highest BCUT2D eigenvalue weighted by Crippen LogP contribution is 2.18. The first-order chi connectivity index (χ1) is 12.9. The predicted octanol–water partition coefficient (Wildman–Crippen LogP) is 2.74. The van der Waals surface area contributed by atoms with E-state index in [2.05, 4.69) is 0 Å². The van der Waals surface area contributed by atoms with E-state index < -0.39 is 28.8 Å². The zero-order valence-corrected chi connectivity index (χ0v) is 13.9. The van der Waals surface area contributed by atoms with Crippen molar-refractivity contribution in [1.29, 1.82) is 0 Å². The first-order valence-corrected chi connectivity index (χ1v) is 7.92. The van der Waals surface area contributed by atoms with Gasteiger partial charge < -0.3 is 14.8 Å². The summed E-state index contributed by atoms with van der Waals surface area (Å²) in [4.78, 5) is 34.7. The number of aromatic nitrogens is 1. The summed E-state index contributed by atoms with van der Waals surface area (Å²) in [5.41, 5.74) is 0.0520. The standard InChI is InChI=1S/C20H14FNO5/c21-15-7-3-1-5-12(15)10-22-11-14(17(23)9-18(24)20(26)27)19(25)13-6-2-4-8-16(13)22/h1-9,11,23H,10H2,(H,26,27). The van der Waals surface area contributed by atoms with E-state index in [1.54, 1.807) is 41.0 Å². The molecular weight excluding hydrogens is 353 g/mol. The lowest BCUT2D eigenvalue weighted by atomic mass is 10.1. The van der Waals surface area contributed by atoms with Crippen LogP contribution in [0.15, 0.2) is 65.6 Å². The molecule has 6 nitrogen and oxygen atoms in total. The van der Waals surface area contributed by atoms with Crippen LogP contribution in [0.1, 0.15) is 11.1 Å². The molecule has 0 aliphatic carbocycles. The molecule has 3 rings (SSSR count). The van der Waals surface area contributed by atoms with E-state index in [1.165, 1.54) is 18.3 Å². The quantitative estimate of drug-likeness (QED) is 0.411. The molecule has 0 bridgehead atoms. The van der Waals surface area contributed by atoms with Gasteiger partial charge in [-0.25, -0.2) is 9.18 Å². The van der Waals surface area contributed by atoms with Crippen molar-refractivity contribution in [3.05, 3.63) is 88.0 Å². The smallest absolute Gasteiger partial charge is 0.376 e. The van der Waals surface area contributed by atoms with Gasteiger partial charge >= 0.3 is 5.97 Å². The van der Waals surface area contributed by atoms with Gasteiger partial charge in [0.15, 0.2) is 5.43 Å². The second-order valence-corrected chi connectivity index (χ2v) is 5.81. The van der Waals surface area contributed by atoms with Gasteiger partial charge in [0.25, 0.3) is 5.78 Å². The van der Waals surface area contributed by atoms with Crippen LogP contribution < -0.4 is 5.43 Å². The molecular formula is C20H14FNO5. The summed E-state index contributed by atoms with van der Waals surface area (Å²) in [7, 11) is 0. The molecule has 136 valence electrons. The molecule has 0 spiro atoms. The van der Waals surface area contributed by atoms with Crippen molar-refractivity contribution in [2.24, 2.45) is 0 Å². The van der Waals surface area contributed by atoms with Crippen molar-refractivity contribution < 1.29 is 24.2 Å². The number of hydrogen-bond acceptors (Lipinski definition) is 4. The Bertz CT molecular complexity index is 1150. The highest BCUT2D eigenvalue weighted by atomic mass is 19.1. The Morgan fingerprint density at radius 2 is 1.70 bits per heavy atom. The van der Waals surface area contributed by atoms with Gasteiger partial charge in [-0.3, -0.25) is 9.59 Å². The van der Waals surface area contributed by atoms with E-state index in [1.807, 2.05) is 0 Å². The first kappa shape index (κ1) is 18.1. The summed E-state index contributed by atoms with van der Waals surface area (Å²) < 4.78 is 15.6. The second-order valence-electron chi connectivity index (χ2n) is 5.81. The number of aliphatic carboxylic acids is 1. The lowest BCUT2D eigenvalue weighted by Gasteiger charge is -2.14. The first-order valence-electron chi connectivity index (χ1n) is 7.92. The highest BCUT2D eigenvalue weighted by molar-refractivity contribution is 6.38. The number of carbonyl (C=O) groups excluding carboxylic acids is 1. The number of para-hydroxylation sites is 1. The van der Waals surface area contributed by atoms with Crippen molar-refractivity contribution in [3.8, 4) is 0 Å². The topological polar surface area (TPSA) is 96.6 Å². The molecule has 0 saturated heterocycles. The minimum absolute atomic E-state index is 0.0701. The maximum atomic E-state index is 14.0. The third kappa shape index (κ3) is 3.62. The summed E-state index contributed by atoms with van der Waals surface area (Å²) in [6.07, 6.45) is 1.75. The number of aliphatic hydroxyl groups excluding tert-OH is 1. The van der Waals surface area contributed by atoms with Crippen molar-refractivity contribution in [2.75, 3.05) is 0 Å². The molecule has 2 aromatic carbocycles. The Morgan fingerprint density at radius 1 is 1.04 bits per heavy atom. The molecule has 0 radical (unpaired) electrons. The molecule has 0 amide bonds. The average Bonchev–Trinajstić information content (AvgIpc) is 2.65. The van der Waals surface area contributed by atoms with Crippen LogP contribution >= 0.6 is 0 Å². The normalized spacial score (nSPS) is 11.5. The maximum absolute atomic E-state index is 14.0. The number of carboxylic acids is 1. The number of hydrogen-bond donors (Lipinski definition) is 2. The largest absolute Gasteiger partial charge is 0.507 e. The molecule has 7 heteroatoms. The van der Waals surface area contributed by atoms with Gasteiger partial charge in [0.05, 0.1) is 17.6 Å².